The van der Waals surface area contributed by atoms with Crippen molar-refractivity contribution in [3.05, 3.63) is 29.8 Å². The van der Waals surface area contributed by atoms with Gasteiger partial charge in [-0.25, -0.2) is 4.99 Å². The highest BCUT2D eigenvalue weighted by Crippen LogP contribution is 2.23. The summed E-state index contributed by atoms with van der Waals surface area (Å²) in [6.45, 7) is 15.5. The van der Waals surface area contributed by atoms with Gasteiger partial charge in [-0.2, -0.15) is 0 Å². The minimum Gasteiger partial charge on any atom is -0.488 e. The van der Waals surface area contributed by atoms with Crippen molar-refractivity contribution in [2.24, 2.45) is 4.99 Å². The number of aliphatic imine (C=N–C) groups is 1. The summed E-state index contributed by atoms with van der Waals surface area (Å²) < 4.78 is 11.5. The molecule has 6 heteroatoms. The molecule has 0 radical (unpaired) electrons. The minimum absolute atomic E-state index is 0.220. The Balaban J connectivity index is 1.85. The molecule has 1 aromatic rings. The number of hydrogen-bond donors (Lipinski definition) is 2. The van der Waals surface area contributed by atoms with Gasteiger partial charge in [-0.3, -0.25) is 4.90 Å². The monoisotopic (exact) mass is 376 g/mol. The van der Waals surface area contributed by atoms with Crippen molar-refractivity contribution in [2.45, 2.75) is 46.3 Å². The highest BCUT2D eigenvalue weighted by Gasteiger charge is 2.14. The maximum absolute atomic E-state index is 6.06. The molecule has 1 aromatic carbocycles. The molecular formula is C21H36N4O2. The number of rotatable bonds is 8. The van der Waals surface area contributed by atoms with E-state index in [1.807, 2.05) is 18.2 Å². The minimum atomic E-state index is -0.220. The topological polar surface area (TPSA) is 58.1 Å². The summed E-state index contributed by atoms with van der Waals surface area (Å²) in [5.41, 5.74) is 0.875. The van der Waals surface area contributed by atoms with Crippen LogP contribution in [0.15, 0.2) is 29.3 Å². The number of benzene rings is 1. The van der Waals surface area contributed by atoms with Gasteiger partial charge in [0.15, 0.2) is 5.96 Å². The third-order valence-corrected chi connectivity index (χ3v) is 4.19. The van der Waals surface area contributed by atoms with Gasteiger partial charge in [0.25, 0.3) is 0 Å². The first kappa shape index (κ1) is 21.5. The molecule has 0 aliphatic carbocycles. The molecule has 2 rings (SSSR count). The van der Waals surface area contributed by atoms with Crippen LogP contribution in [0.5, 0.6) is 5.75 Å². The number of para-hydroxylation sites is 1. The summed E-state index contributed by atoms with van der Waals surface area (Å²) in [5.74, 6) is 1.75. The fourth-order valence-electron chi connectivity index (χ4n) is 2.90. The predicted molar refractivity (Wildman–Crippen MR) is 112 cm³/mol. The van der Waals surface area contributed by atoms with E-state index in [4.69, 9.17) is 14.5 Å². The van der Waals surface area contributed by atoms with E-state index in [0.717, 1.165) is 69.6 Å². The van der Waals surface area contributed by atoms with Crippen LogP contribution < -0.4 is 15.4 Å². The van der Waals surface area contributed by atoms with E-state index < -0.39 is 0 Å². The van der Waals surface area contributed by atoms with E-state index >= 15 is 0 Å². The molecule has 0 spiro atoms. The van der Waals surface area contributed by atoms with Crippen LogP contribution in [0.3, 0.4) is 0 Å². The molecule has 1 fully saturated rings. The maximum Gasteiger partial charge on any atom is 0.191 e. The van der Waals surface area contributed by atoms with Gasteiger partial charge in [0, 0.05) is 31.7 Å². The van der Waals surface area contributed by atoms with E-state index in [0.29, 0.717) is 6.54 Å². The quantitative estimate of drug-likeness (QED) is 0.415. The zero-order valence-corrected chi connectivity index (χ0v) is 17.4. The Bertz CT molecular complexity index is 578. The van der Waals surface area contributed by atoms with Crippen LogP contribution in [0.4, 0.5) is 0 Å². The van der Waals surface area contributed by atoms with Gasteiger partial charge in [-0.1, -0.05) is 18.2 Å². The van der Waals surface area contributed by atoms with Gasteiger partial charge < -0.3 is 20.1 Å². The van der Waals surface area contributed by atoms with E-state index in [2.05, 4.69) is 49.3 Å². The second kappa shape index (κ2) is 11.1. The van der Waals surface area contributed by atoms with Gasteiger partial charge in [0.1, 0.15) is 11.4 Å². The van der Waals surface area contributed by atoms with Crippen LogP contribution in [0.2, 0.25) is 0 Å². The second-order valence-electron chi connectivity index (χ2n) is 7.75. The van der Waals surface area contributed by atoms with E-state index in [1.165, 1.54) is 0 Å². The third-order valence-electron chi connectivity index (χ3n) is 4.19. The lowest BCUT2D eigenvalue weighted by molar-refractivity contribution is 0.0376. The van der Waals surface area contributed by atoms with Crippen LogP contribution in [-0.2, 0) is 11.3 Å². The molecular weight excluding hydrogens is 340 g/mol. The number of ether oxygens (including phenoxy) is 2. The van der Waals surface area contributed by atoms with Crippen molar-refractivity contribution < 1.29 is 9.47 Å². The van der Waals surface area contributed by atoms with Gasteiger partial charge in [0.2, 0.25) is 0 Å². The van der Waals surface area contributed by atoms with Crippen molar-refractivity contribution >= 4 is 5.96 Å². The molecule has 1 aliphatic heterocycles. The Morgan fingerprint density at radius 3 is 2.63 bits per heavy atom. The Morgan fingerprint density at radius 2 is 1.93 bits per heavy atom. The average molecular weight is 377 g/mol. The van der Waals surface area contributed by atoms with E-state index in [1.54, 1.807) is 0 Å². The SMILES string of the molecule is CCNC(=NCc1ccccc1OC(C)(C)C)NCCCN1CCOCC1. The lowest BCUT2D eigenvalue weighted by Gasteiger charge is -2.26. The average Bonchev–Trinajstić information content (AvgIpc) is 2.64. The molecule has 0 saturated carbocycles. The standard InChI is InChI=1S/C21H36N4O2/c1-5-22-20(23-11-8-12-25-13-15-26-16-14-25)24-17-18-9-6-7-10-19(18)27-21(2,3)4/h6-7,9-10H,5,8,11-17H2,1-4H3,(H2,22,23,24). The molecule has 1 saturated heterocycles. The fourth-order valence-corrected chi connectivity index (χ4v) is 2.90. The summed E-state index contributed by atoms with van der Waals surface area (Å²) in [4.78, 5) is 7.19. The Labute approximate surface area is 164 Å². The van der Waals surface area contributed by atoms with Crippen LogP contribution in [0, 0.1) is 0 Å². The van der Waals surface area contributed by atoms with Crippen LogP contribution in [-0.4, -0.2) is 62.4 Å². The predicted octanol–water partition coefficient (Wildman–Crippen LogP) is 2.64. The molecule has 1 heterocycles. The molecule has 0 bridgehead atoms. The Kier molecular flexibility index (Phi) is 8.88. The Hall–Kier alpha value is -1.79. The molecule has 0 unspecified atom stereocenters. The van der Waals surface area contributed by atoms with Crippen molar-refractivity contribution in [1.82, 2.24) is 15.5 Å². The van der Waals surface area contributed by atoms with Crippen LogP contribution in [0.25, 0.3) is 0 Å². The molecule has 0 amide bonds. The fraction of sp³-hybridized carbons (Fsp3) is 0.667. The molecule has 2 N–H and O–H groups in total. The number of morpholine rings is 1. The Morgan fingerprint density at radius 1 is 1.19 bits per heavy atom. The molecule has 0 atom stereocenters. The van der Waals surface area contributed by atoms with E-state index in [9.17, 15) is 0 Å². The lowest BCUT2D eigenvalue weighted by Crippen LogP contribution is -2.40. The third kappa shape index (κ3) is 8.63. The van der Waals surface area contributed by atoms with Gasteiger partial charge in [-0.15, -0.1) is 0 Å². The molecule has 6 nitrogen and oxygen atoms in total. The van der Waals surface area contributed by atoms with Gasteiger partial charge in [0.05, 0.1) is 19.8 Å². The van der Waals surface area contributed by atoms with Crippen molar-refractivity contribution in [2.75, 3.05) is 45.9 Å². The summed E-state index contributed by atoms with van der Waals surface area (Å²) in [5, 5.41) is 6.76. The number of nitrogens with zero attached hydrogens (tertiary/aromatic N) is 2. The zero-order chi connectivity index (χ0) is 19.5. The van der Waals surface area contributed by atoms with Crippen LogP contribution in [0.1, 0.15) is 39.7 Å². The molecule has 152 valence electrons. The van der Waals surface area contributed by atoms with Crippen LogP contribution >= 0.6 is 0 Å². The van der Waals surface area contributed by atoms with Gasteiger partial charge in [-0.05, 0) is 46.7 Å². The number of nitrogens with one attached hydrogen (secondary N) is 2. The van der Waals surface area contributed by atoms with Crippen molar-refractivity contribution in [3.8, 4) is 5.75 Å². The second-order valence-corrected chi connectivity index (χ2v) is 7.75. The number of hydrogen-bond acceptors (Lipinski definition) is 4. The first-order chi connectivity index (χ1) is 13.0. The maximum atomic E-state index is 6.06. The van der Waals surface area contributed by atoms with Crippen molar-refractivity contribution in [3.63, 3.8) is 0 Å². The highest BCUT2D eigenvalue weighted by atomic mass is 16.5. The summed E-state index contributed by atoms with van der Waals surface area (Å²) in [6, 6.07) is 8.12. The number of guanidine groups is 1. The van der Waals surface area contributed by atoms with Crippen molar-refractivity contribution in [1.29, 1.82) is 0 Å². The normalized spacial score (nSPS) is 16.2. The molecule has 0 aromatic heterocycles. The molecule has 27 heavy (non-hydrogen) atoms. The van der Waals surface area contributed by atoms with E-state index in [-0.39, 0.29) is 5.60 Å². The first-order valence-electron chi connectivity index (χ1n) is 10.1. The summed E-state index contributed by atoms with van der Waals surface area (Å²) >= 11 is 0. The highest BCUT2D eigenvalue weighted by molar-refractivity contribution is 5.79. The summed E-state index contributed by atoms with van der Waals surface area (Å²) in [7, 11) is 0. The molecule has 1 aliphatic rings. The lowest BCUT2D eigenvalue weighted by atomic mass is 10.1. The first-order valence-corrected chi connectivity index (χ1v) is 10.1. The van der Waals surface area contributed by atoms with Gasteiger partial charge >= 0.3 is 0 Å². The largest absolute Gasteiger partial charge is 0.488 e. The zero-order valence-electron chi connectivity index (χ0n) is 17.4. The summed E-state index contributed by atoms with van der Waals surface area (Å²) in [6.07, 6.45) is 1.09. The smallest absolute Gasteiger partial charge is 0.191 e.